The van der Waals surface area contributed by atoms with Gasteiger partial charge in [-0.3, -0.25) is 0 Å². The smallest absolute Gasteiger partial charge is 0.0809 e. The Hall–Kier alpha value is -0.0800. The van der Waals surface area contributed by atoms with Crippen LogP contribution in [0.15, 0.2) is 0 Å². The van der Waals surface area contributed by atoms with E-state index in [1.54, 1.807) is 0 Å². The summed E-state index contributed by atoms with van der Waals surface area (Å²) in [5.74, 6) is 0.608. The number of nitrogens with one attached hydrogen (secondary N) is 1. The van der Waals surface area contributed by atoms with Crippen molar-refractivity contribution in [2.75, 3.05) is 13.6 Å². The van der Waals surface area contributed by atoms with E-state index in [9.17, 15) is 0 Å². The summed E-state index contributed by atoms with van der Waals surface area (Å²) in [6.07, 6.45) is 8.23. The van der Waals surface area contributed by atoms with Crippen LogP contribution in [0.1, 0.15) is 59.3 Å². The molecule has 1 atom stereocenters. The molecule has 2 nitrogen and oxygen atoms in total. The molecule has 1 fully saturated rings. The zero-order valence-electron chi connectivity index (χ0n) is 11.5. The molecule has 1 rings (SSSR count). The highest BCUT2D eigenvalue weighted by atomic mass is 16.5. The van der Waals surface area contributed by atoms with E-state index < -0.39 is 0 Å². The summed E-state index contributed by atoms with van der Waals surface area (Å²) >= 11 is 0. The molecule has 0 radical (unpaired) electrons. The van der Waals surface area contributed by atoms with E-state index in [0.717, 1.165) is 6.54 Å². The van der Waals surface area contributed by atoms with Crippen LogP contribution >= 0.6 is 0 Å². The van der Waals surface area contributed by atoms with Gasteiger partial charge in [0.1, 0.15) is 0 Å². The first kappa shape index (κ1) is 14.0. The molecule has 0 aromatic rings. The quantitative estimate of drug-likeness (QED) is 0.727. The molecule has 96 valence electrons. The molecule has 16 heavy (non-hydrogen) atoms. The molecule has 0 bridgehead atoms. The standard InChI is InChI=1S/C14H29NO/c1-12(2)13(3)16-14(11-15-4)9-7-5-6-8-10-14/h12-13,15H,5-11H2,1-4H3. The Morgan fingerprint density at radius 3 is 2.06 bits per heavy atom. The number of likely N-dealkylation sites (N-methyl/N-ethyl adjacent to an activating group) is 1. The SMILES string of the molecule is CNCC1(OC(C)C(C)C)CCCCCC1. The van der Waals surface area contributed by atoms with Gasteiger partial charge in [-0.05, 0) is 32.7 Å². The lowest BCUT2D eigenvalue weighted by Gasteiger charge is -2.37. The number of hydrogen-bond donors (Lipinski definition) is 1. The van der Waals surface area contributed by atoms with E-state index >= 15 is 0 Å². The minimum atomic E-state index is 0.106. The van der Waals surface area contributed by atoms with Gasteiger partial charge in [-0.1, -0.05) is 39.5 Å². The fourth-order valence-corrected chi connectivity index (χ4v) is 2.56. The highest BCUT2D eigenvalue weighted by Crippen LogP contribution is 2.32. The van der Waals surface area contributed by atoms with Gasteiger partial charge in [0.15, 0.2) is 0 Å². The third kappa shape index (κ3) is 4.06. The Bertz CT molecular complexity index is 183. The van der Waals surface area contributed by atoms with Gasteiger partial charge in [0.25, 0.3) is 0 Å². The average molecular weight is 227 g/mol. The second kappa shape index (κ2) is 6.61. The van der Waals surface area contributed by atoms with Crippen molar-refractivity contribution in [2.45, 2.75) is 71.0 Å². The maximum Gasteiger partial charge on any atom is 0.0809 e. The lowest BCUT2D eigenvalue weighted by Crippen LogP contribution is -2.44. The molecule has 1 aliphatic carbocycles. The van der Waals surface area contributed by atoms with E-state index in [-0.39, 0.29) is 5.60 Å². The summed E-state index contributed by atoms with van der Waals surface area (Å²) in [5.41, 5.74) is 0.106. The van der Waals surface area contributed by atoms with Crippen LogP contribution in [-0.2, 0) is 4.74 Å². The predicted molar refractivity (Wildman–Crippen MR) is 69.7 cm³/mol. The van der Waals surface area contributed by atoms with Crippen LogP contribution in [0.3, 0.4) is 0 Å². The zero-order chi connectivity index (χ0) is 12.0. The highest BCUT2D eigenvalue weighted by molar-refractivity contribution is 4.86. The van der Waals surface area contributed by atoms with Crippen LogP contribution in [-0.4, -0.2) is 25.3 Å². The molecule has 1 N–H and O–H groups in total. The predicted octanol–water partition coefficient (Wildman–Crippen LogP) is 3.36. The monoisotopic (exact) mass is 227 g/mol. The summed E-state index contributed by atoms with van der Waals surface area (Å²) < 4.78 is 6.40. The first-order valence-electron chi connectivity index (χ1n) is 6.92. The summed E-state index contributed by atoms with van der Waals surface area (Å²) in [4.78, 5) is 0. The molecule has 1 saturated carbocycles. The van der Waals surface area contributed by atoms with Crippen LogP contribution < -0.4 is 5.32 Å². The maximum atomic E-state index is 6.40. The van der Waals surface area contributed by atoms with E-state index in [1.807, 2.05) is 7.05 Å². The van der Waals surface area contributed by atoms with E-state index in [1.165, 1.54) is 38.5 Å². The van der Waals surface area contributed by atoms with Crippen LogP contribution in [0, 0.1) is 5.92 Å². The molecular weight excluding hydrogens is 198 g/mol. The van der Waals surface area contributed by atoms with Crippen molar-refractivity contribution in [1.29, 1.82) is 0 Å². The van der Waals surface area contributed by atoms with Crippen LogP contribution in [0.2, 0.25) is 0 Å². The van der Waals surface area contributed by atoms with Crippen molar-refractivity contribution in [3.05, 3.63) is 0 Å². The van der Waals surface area contributed by atoms with Gasteiger partial charge >= 0.3 is 0 Å². The van der Waals surface area contributed by atoms with Crippen LogP contribution in [0.4, 0.5) is 0 Å². The second-order valence-corrected chi connectivity index (χ2v) is 5.69. The Morgan fingerprint density at radius 2 is 1.62 bits per heavy atom. The van der Waals surface area contributed by atoms with E-state index in [0.29, 0.717) is 12.0 Å². The molecule has 0 aromatic carbocycles. The van der Waals surface area contributed by atoms with Crippen molar-refractivity contribution < 1.29 is 4.74 Å². The second-order valence-electron chi connectivity index (χ2n) is 5.69. The molecule has 0 heterocycles. The Labute approximate surface area is 101 Å². The molecule has 0 spiro atoms. The number of hydrogen-bond acceptors (Lipinski definition) is 2. The molecule has 0 aliphatic heterocycles. The molecule has 0 amide bonds. The first-order chi connectivity index (χ1) is 7.59. The van der Waals surface area contributed by atoms with Gasteiger partial charge in [-0.15, -0.1) is 0 Å². The van der Waals surface area contributed by atoms with Crippen molar-refractivity contribution in [3.8, 4) is 0 Å². The summed E-state index contributed by atoms with van der Waals surface area (Å²) in [5, 5.41) is 3.33. The maximum absolute atomic E-state index is 6.40. The van der Waals surface area contributed by atoms with Crippen molar-refractivity contribution in [3.63, 3.8) is 0 Å². The number of rotatable bonds is 5. The Balaban J connectivity index is 2.62. The van der Waals surface area contributed by atoms with Gasteiger partial charge in [0.05, 0.1) is 11.7 Å². The number of ether oxygens (including phenoxy) is 1. The van der Waals surface area contributed by atoms with Crippen molar-refractivity contribution in [2.24, 2.45) is 5.92 Å². The summed E-state index contributed by atoms with van der Waals surface area (Å²) in [6, 6.07) is 0. The van der Waals surface area contributed by atoms with Crippen LogP contribution in [0.25, 0.3) is 0 Å². The fraction of sp³-hybridized carbons (Fsp3) is 1.00. The van der Waals surface area contributed by atoms with Gasteiger partial charge in [0.2, 0.25) is 0 Å². The summed E-state index contributed by atoms with van der Waals surface area (Å²) in [7, 11) is 2.04. The molecule has 2 heteroatoms. The highest BCUT2D eigenvalue weighted by Gasteiger charge is 2.33. The third-order valence-electron chi connectivity index (χ3n) is 3.89. The van der Waals surface area contributed by atoms with Crippen molar-refractivity contribution >= 4 is 0 Å². The van der Waals surface area contributed by atoms with Gasteiger partial charge < -0.3 is 10.1 Å². The Kier molecular flexibility index (Phi) is 5.77. The molecule has 1 unspecified atom stereocenters. The van der Waals surface area contributed by atoms with E-state index in [4.69, 9.17) is 4.74 Å². The van der Waals surface area contributed by atoms with Gasteiger partial charge in [0, 0.05) is 6.54 Å². The van der Waals surface area contributed by atoms with Gasteiger partial charge in [-0.2, -0.15) is 0 Å². The molecular formula is C14H29NO. The molecule has 1 aliphatic rings. The van der Waals surface area contributed by atoms with Crippen molar-refractivity contribution in [1.82, 2.24) is 5.32 Å². The fourth-order valence-electron chi connectivity index (χ4n) is 2.56. The summed E-state index contributed by atoms with van der Waals surface area (Å²) in [6.45, 7) is 7.71. The largest absolute Gasteiger partial charge is 0.370 e. The lowest BCUT2D eigenvalue weighted by molar-refractivity contribution is -0.108. The zero-order valence-corrected chi connectivity index (χ0v) is 11.5. The third-order valence-corrected chi connectivity index (χ3v) is 3.89. The normalized spacial score (nSPS) is 23.1. The molecule has 0 aromatic heterocycles. The van der Waals surface area contributed by atoms with Gasteiger partial charge in [-0.25, -0.2) is 0 Å². The van der Waals surface area contributed by atoms with Crippen LogP contribution in [0.5, 0.6) is 0 Å². The minimum Gasteiger partial charge on any atom is -0.370 e. The Morgan fingerprint density at radius 1 is 1.06 bits per heavy atom. The first-order valence-corrected chi connectivity index (χ1v) is 6.92. The van der Waals surface area contributed by atoms with E-state index in [2.05, 4.69) is 26.1 Å². The topological polar surface area (TPSA) is 21.3 Å². The average Bonchev–Trinajstić information content (AvgIpc) is 2.44. The minimum absolute atomic E-state index is 0.106. The lowest BCUT2D eigenvalue weighted by atomic mass is 9.93. The molecule has 0 saturated heterocycles.